The van der Waals surface area contributed by atoms with Gasteiger partial charge in [0.1, 0.15) is 13.2 Å². The van der Waals surface area contributed by atoms with Crippen molar-refractivity contribution in [3.05, 3.63) is 11.6 Å². The predicted octanol–water partition coefficient (Wildman–Crippen LogP) is -0.309. The normalized spacial score (nSPS) is 9.84. The summed E-state index contributed by atoms with van der Waals surface area (Å²) in [7, 11) is 0. The molecule has 0 spiro atoms. The van der Waals surface area contributed by atoms with E-state index in [1.54, 1.807) is 0 Å². The lowest BCUT2D eigenvalue weighted by Crippen LogP contribution is -2.12. The number of ether oxygens (including phenoxy) is 2. The van der Waals surface area contributed by atoms with Gasteiger partial charge in [0.2, 0.25) is 12.2 Å². The minimum Gasteiger partial charge on any atom is -0.461 e. The summed E-state index contributed by atoms with van der Waals surface area (Å²) in [5, 5.41) is 0. The van der Waals surface area contributed by atoms with Crippen LogP contribution in [0.2, 0.25) is 0 Å². The maximum Gasteiger partial charge on any atom is 0.334 e. The fraction of sp³-hybridized carbons (Fsp3) is 0.455. The first-order valence-corrected chi connectivity index (χ1v) is 5.21. The Kier molecular flexibility index (Phi) is 9.16. The van der Waals surface area contributed by atoms with Crippen molar-refractivity contribution in [2.75, 3.05) is 26.3 Å². The molecule has 0 fully saturated rings. The van der Waals surface area contributed by atoms with E-state index in [2.05, 4.69) is 14.7 Å². The summed E-state index contributed by atoms with van der Waals surface area (Å²) < 4.78 is 9.33. The largest absolute Gasteiger partial charge is 0.461 e. The molecule has 0 radical (unpaired) electrons. The maximum absolute atomic E-state index is 11.3. The van der Waals surface area contributed by atoms with Crippen LogP contribution < -0.4 is 0 Å². The van der Waals surface area contributed by atoms with E-state index in [4.69, 9.17) is 4.74 Å². The van der Waals surface area contributed by atoms with Crippen molar-refractivity contribution in [1.29, 1.82) is 0 Å². The zero-order chi connectivity index (χ0) is 14.5. The maximum atomic E-state index is 11.3. The lowest BCUT2D eigenvalue weighted by Gasteiger charge is -2.02. The first kappa shape index (κ1) is 16.4. The number of isocyanates is 2. The Bertz CT molecular complexity index is 444. The van der Waals surface area contributed by atoms with Crippen LogP contribution in [0, 0.1) is 0 Å². The van der Waals surface area contributed by atoms with Gasteiger partial charge in [-0.3, -0.25) is 0 Å². The third kappa shape index (κ3) is 9.17. The van der Waals surface area contributed by atoms with Gasteiger partial charge in [0.25, 0.3) is 0 Å². The van der Waals surface area contributed by atoms with Gasteiger partial charge in [0.05, 0.1) is 13.1 Å². The van der Waals surface area contributed by atoms with Crippen LogP contribution in [0.1, 0.15) is 6.92 Å². The van der Waals surface area contributed by atoms with E-state index in [-0.39, 0.29) is 31.9 Å². The van der Waals surface area contributed by atoms with E-state index < -0.39 is 11.9 Å². The quantitative estimate of drug-likeness (QED) is 0.196. The van der Waals surface area contributed by atoms with E-state index >= 15 is 0 Å². The van der Waals surface area contributed by atoms with Crippen LogP contribution in [-0.2, 0) is 28.7 Å². The molecule has 0 atom stereocenters. The van der Waals surface area contributed by atoms with Crippen molar-refractivity contribution in [3.63, 3.8) is 0 Å². The molecule has 0 aliphatic carbocycles. The van der Waals surface area contributed by atoms with Crippen LogP contribution in [0.15, 0.2) is 21.6 Å². The lowest BCUT2D eigenvalue weighted by molar-refractivity contribution is -0.141. The third-order valence-corrected chi connectivity index (χ3v) is 1.67. The smallest absolute Gasteiger partial charge is 0.334 e. The predicted molar refractivity (Wildman–Crippen MR) is 61.7 cm³/mol. The highest BCUT2D eigenvalue weighted by Crippen LogP contribution is 1.98. The summed E-state index contributed by atoms with van der Waals surface area (Å²) in [5.74, 6) is -1.47. The van der Waals surface area contributed by atoms with Crippen LogP contribution in [-0.4, -0.2) is 50.4 Å². The van der Waals surface area contributed by atoms with E-state index in [1.165, 1.54) is 19.1 Å². The monoisotopic (exact) mass is 268 g/mol. The highest BCUT2D eigenvalue weighted by Gasteiger charge is 2.08. The van der Waals surface area contributed by atoms with Gasteiger partial charge >= 0.3 is 11.9 Å². The molecule has 0 N–H and O–H groups in total. The number of carbonyl (C=O) groups excluding carboxylic acids is 4. The van der Waals surface area contributed by atoms with Gasteiger partial charge in [-0.05, 0) is 6.92 Å². The molecule has 0 saturated carbocycles. The molecular formula is C11H12N2O6. The van der Waals surface area contributed by atoms with Crippen molar-refractivity contribution < 1.29 is 28.7 Å². The van der Waals surface area contributed by atoms with Crippen molar-refractivity contribution in [2.45, 2.75) is 6.92 Å². The lowest BCUT2D eigenvalue weighted by atomic mass is 10.3. The molecule has 0 rings (SSSR count). The summed E-state index contributed by atoms with van der Waals surface area (Å²) >= 11 is 0. The number of hydrogen-bond donors (Lipinski definition) is 0. The second kappa shape index (κ2) is 10.6. The van der Waals surface area contributed by atoms with Gasteiger partial charge in [-0.25, -0.2) is 29.2 Å². The summed E-state index contributed by atoms with van der Waals surface area (Å²) in [6.07, 6.45) is 3.54. The van der Waals surface area contributed by atoms with Crippen molar-refractivity contribution >= 4 is 24.1 Å². The average Bonchev–Trinajstić information content (AvgIpc) is 2.39. The Morgan fingerprint density at radius 3 is 2.11 bits per heavy atom. The number of esters is 2. The molecule has 0 aliphatic rings. The molecule has 0 saturated heterocycles. The van der Waals surface area contributed by atoms with E-state index in [1.807, 2.05) is 0 Å². The summed E-state index contributed by atoms with van der Waals surface area (Å²) in [4.78, 5) is 48.3. The minimum absolute atomic E-state index is 0.0102. The fourth-order valence-corrected chi connectivity index (χ4v) is 0.858. The Morgan fingerprint density at radius 1 is 1.05 bits per heavy atom. The number of rotatable bonds is 8. The van der Waals surface area contributed by atoms with Crippen molar-refractivity contribution in [1.82, 2.24) is 0 Å². The zero-order valence-electron chi connectivity index (χ0n) is 10.2. The summed E-state index contributed by atoms with van der Waals surface area (Å²) in [6, 6.07) is 0. The topological polar surface area (TPSA) is 111 Å². The summed E-state index contributed by atoms with van der Waals surface area (Å²) in [6.45, 7) is 1.23. The van der Waals surface area contributed by atoms with E-state index in [0.29, 0.717) is 0 Å². The Labute approximate surface area is 108 Å². The standard InChI is InChI=1S/C11H12N2O6/c1-9(11(17)19-5-3-13-8-15)6-10(16)18-4-2-12-7-14/h6H,2-5H2,1H3/b9-6-. The van der Waals surface area contributed by atoms with Gasteiger partial charge in [0.15, 0.2) is 0 Å². The SMILES string of the molecule is C/C(=C/C(=O)OCCN=C=O)C(=O)OCCN=C=O. The molecule has 0 bridgehead atoms. The van der Waals surface area contributed by atoms with Gasteiger partial charge in [-0.15, -0.1) is 0 Å². The number of aliphatic imine (C=N–C) groups is 2. The second-order valence-electron chi connectivity index (χ2n) is 3.08. The van der Waals surface area contributed by atoms with Gasteiger partial charge < -0.3 is 9.47 Å². The zero-order valence-corrected chi connectivity index (χ0v) is 10.2. The first-order valence-electron chi connectivity index (χ1n) is 5.21. The Balaban J connectivity index is 4.07. The molecule has 8 nitrogen and oxygen atoms in total. The molecule has 0 aromatic carbocycles. The van der Waals surface area contributed by atoms with Crippen LogP contribution in [0.5, 0.6) is 0 Å². The first-order chi connectivity index (χ1) is 9.11. The van der Waals surface area contributed by atoms with Crippen LogP contribution in [0.25, 0.3) is 0 Å². The molecule has 19 heavy (non-hydrogen) atoms. The molecule has 0 aliphatic heterocycles. The molecule has 8 heteroatoms. The minimum atomic E-state index is -0.749. The average molecular weight is 268 g/mol. The molecular weight excluding hydrogens is 256 g/mol. The molecule has 0 heterocycles. The Hall–Kier alpha value is -2.56. The molecule has 0 aromatic heterocycles. The fourth-order valence-electron chi connectivity index (χ4n) is 0.858. The third-order valence-electron chi connectivity index (χ3n) is 1.67. The number of carbonyl (C=O) groups is 2. The summed E-state index contributed by atoms with van der Waals surface area (Å²) in [5.41, 5.74) is 0.0407. The highest BCUT2D eigenvalue weighted by molar-refractivity contribution is 5.95. The highest BCUT2D eigenvalue weighted by atomic mass is 16.5. The van der Waals surface area contributed by atoms with E-state index in [9.17, 15) is 19.2 Å². The van der Waals surface area contributed by atoms with Gasteiger partial charge in [-0.1, -0.05) is 0 Å². The molecule has 102 valence electrons. The van der Waals surface area contributed by atoms with Crippen molar-refractivity contribution in [2.24, 2.45) is 9.98 Å². The number of nitrogens with zero attached hydrogens (tertiary/aromatic N) is 2. The molecule has 0 amide bonds. The van der Waals surface area contributed by atoms with E-state index in [0.717, 1.165) is 6.08 Å². The number of hydrogen-bond acceptors (Lipinski definition) is 8. The van der Waals surface area contributed by atoms with Gasteiger partial charge in [0, 0.05) is 11.6 Å². The van der Waals surface area contributed by atoms with Crippen LogP contribution in [0.4, 0.5) is 0 Å². The Morgan fingerprint density at radius 2 is 1.58 bits per heavy atom. The van der Waals surface area contributed by atoms with Gasteiger partial charge in [-0.2, -0.15) is 0 Å². The van der Waals surface area contributed by atoms with Crippen LogP contribution >= 0.6 is 0 Å². The molecule has 0 unspecified atom stereocenters. The molecule has 0 aromatic rings. The second-order valence-corrected chi connectivity index (χ2v) is 3.08. The van der Waals surface area contributed by atoms with Crippen LogP contribution in [0.3, 0.4) is 0 Å². The van der Waals surface area contributed by atoms with Crippen molar-refractivity contribution in [3.8, 4) is 0 Å².